The predicted octanol–water partition coefficient (Wildman–Crippen LogP) is 3.76. The normalized spacial score (nSPS) is 11.8. The number of carbonyl (C=O) groups is 1. The Morgan fingerprint density at radius 1 is 1.27 bits per heavy atom. The molecule has 2 N–H and O–H groups in total. The van der Waals surface area contributed by atoms with Gasteiger partial charge in [-0.2, -0.15) is 23.4 Å². The summed E-state index contributed by atoms with van der Waals surface area (Å²) in [6, 6.07) is 9.42. The van der Waals surface area contributed by atoms with Crippen molar-refractivity contribution in [3.05, 3.63) is 65.2 Å². The standard InChI is InChI=1S/C17H13F3N4O2/c1-10-7-14(23-22-10)16(25)24-21-9-13-5-6-15(26-13)11-3-2-4-12(8-11)17(18,19)20/h2-9H,1H3,(H,22,23)(H,24,25)/b21-9-. The molecule has 26 heavy (non-hydrogen) atoms. The fourth-order valence-corrected chi connectivity index (χ4v) is 2.17. The van der Waals surface area contributed by atoms with E-state index >= 15 is 0 Å². The zero-order valence-corrected chi connectivity index (χ0v) is 13.5. The number of hydrazone groups is 1. The summed E-state index contributed by atoms with van der Waals surface area (Å²) < 4.78 is 43.8. The first-order chi connectivity index (χ1) is 12.3. The Hall–Kier alpha value is -3.36. The number of hydrogen-bond donors (Lipinski definition) is 2. The Labute approximate surface area is 145 Å². The molecule has 0 bridgehead atoms. The molecule has 0 atom stereocenters. The largest absolute Gasteiger partial charge is 0.455 e. The molecule has 1 amide bonds. The van der Waals surface area contributed by atoms with Gasteiger partial charge in [0, 0.05) is 11.3 Å². The van der Waals surface area contributed by atoms with Gasteiger partial charge in [-0.15, -0.1) is 0 Å². The van der Waals surface area contributed by atoms with E-state index in [2.05, 4.69) is 20.7 Å². The average Bonchev–Trinajstić information content (AvgIpc) is 3.23. The second kappa shape index (κ2) is 6.87. The van der Waals surface area contributed by atoms with Crippen LogP contribution >= 0.6 is 0 Å². The molecule has 0 spiro atoms. The summed E-state index contributed by atoms with van der Waals surface area (Å²) in [6.45, 7) is 1.76. The topological polar surface area (TPSA) is 83.3 Å². The molecule has 134 valence electrons. The van der Waals surface area contributed by atoms with Crippen LogP contribution in [0.5, 0.6) is 0 Å². The number of rotatable bonds is 4. The van der Waals surface area contributed by atoms with Gasteiger partial charge in [-0.25, -0.2) is 5.43 Å². The average molecular weight is 362 g/mol. The van der Waals surface area contributed by atoms with Crippen LogP contribution < -0.4 is 5.43 Å². The van der Waals surface area contributed by atoms with E-state index in [1.807, 2.05) is 0 Å². The van der Waals surface area contributed by atoms with Crippen LogP contribution in [0.4, 0.5) is 13.2 Å². The molecule has 0 unspecified atom stereocenters. The number of aromatic amines is 1. The highest BCUT2D eigenvalue weighted by molar-refractivity contribution is 5.93. The van der Waals surface area contributed by atoms with Gasteiger partial charge in [0.2, 0.25) is 0 Å². The van der Waals surface area contributed by atoms with Crippen molar-refractivity contribution in [1.82, 2.24) is 15.6 Å². The van der Waals surface area contributed by atoms with Crippen molar-refractivity contribution in [3.63, 3.8) is 0 Å². The quantitative estimate of drug-likeness (QED) is 0.548. The lowest BCUT2D eigenvalue weighted by Gasteiger charge is -2.07. The Bertz CT molecular complexity index is 957. The number of aryl methyl sites for hydroxylation is 1. The molecule has 2 aromatic heterocycles. The van der Waals surface area contributed by atoms with Crippen molar-refractivity contribution in [3.8, 4) is 11.3 Å². The van der Waals surface area contributed by atoms with E-state index in [1.165, 1.54) is 30.5 Å². The minimum absolute atomic E-state index is 0.184. The number of amides is 1. The fraction of sp³-hybridized carbons (Fsp3) is 0.118. The minimum atomic E-state index is -4.43. The summed E-state index contributed by atoms with van der Waals surface area (Å²) in [5.74, 6) is 0.0259. The van der Waals surface area contributed by atoms with Gasteiger partial charge in [-0.05, 0) is 37.3 Å². The third-order valence-electron chi connectivity index (χ3n) is 3.40. The maximum atomic E-state index is 12.8. The summed E-state index contributed by atoms with van der Waals surface area (Å²) in [5, 5.41) is 10.2. The highest BCUT2D eigenvalue weighted by Gasteiger charge is 2.30. The lowest BCUT2D eigenvalue weighted by molar-refractivity contribution is -0.137. The van der Waals surface area contributed by atoms with Crippen molar-refractivity contribution in [2.75, 3.05) is 0 Å². The monoisotopic (exact) mass is 362 g/mol. The highest BCUT2D eigenvalue weighted by Crippen LogP contribution is 2.32. The number of carbonyl (C=O) groups excluding carboxylic acids is 1. The molecule has 1 aromatic carbocycles. The molecule has 0 radical (unpaired) electrons. The Morgan fingerprint density at radius 2 is 2.08 bits per heavy atom. The highest BCUT2D eigenvalue weighted by atomic mass is 19.4. The first-order valence-corrected chi connectivity index (χ1v) is 7.46. The summed E-state index contributed by atoms with van der Waals surface area (Å²) >= 11 is 0. The molecule has 0 saturated heterocycles. The smallest absolute Gasteiger partial charge is 0.416 e. The van der Waals surface area contributed by atoms with E-state index in [-0.39, 0.29) is 22.8 Å². The third kappa shape index (κ3) is 4.00. The fourth-order valence-electron chi connectivity index (χ4n) is 2.17. The van der Waals surface area contributed by atoms with Gasteiger partial charge in [0.25, 0.3) is 5.91 Å². The first-order valence-electron chi connectivity index (χ1n) is 7.46. The van der Waals surface area contributed by atoms with Crippen LogP contribution in [-0.2, 0) is 6.18 Å². The van der Waals surface area contributed by atoms with Crippen LogP contribution in [0, 0.1) is 6.92 Å². The van der Waals surface area contributed by atoms with Crippen LogP contribution in [-0.4, -0.2) is 22.3 Å². The lowest BCUT2D eigenvalue weighted by atomic mass is 10.1. The Balaban J connectivity index is 1.69. The van der Waals surface area contributed by atoms with Gasteiger partial charge >= 0.3 is 6.18 Å². The maximum absolute atomic E-state index is 12.8. The molecule has 3 aromatic rings. The van der Waals surface area contributed by atoms with Crippen molar-refractivity contribution in [2.45, 2.75) is 13.1 Å². The molecule has 2 heterocycles. The maximum Gasteiger partial charge on any atom is 0.416 e. The number of H-pyrrole nitrogens is 1. The van der Waals surface area contributed by atoms with Gasteiger partial charge in [-0.3, -0.25) is 9.89 Å². The number of alkyl halides is 3. The molecule has 0 aliphatic rings. The SMILES string of the molecule is Cc1cc(C(=O)N/N=C\c2ccc(-c3cccc(C(F)(F)F)c3)o2)n[nH]1. The van der Waals surface area contributed by atoms with Crippen molar-refractivity contribution >= 4 is 12.1 Å². The number of nitrogens with zero attached hydrogens (tertiary/aromatic N) is 2. The molecular formula is C17H13F3N4O2. The van der Waals surface area contributed by atoms with Crippen LogP contribution in [0.2, 0.25) is 0 Å². The number of hydrogen-bond acceptors (Lipinski definition) is 4. The summed E-state index contributed by atoms with van der Waals surface area (Å²) in [6.07, 6.45) is -3.18. The summed E-state index contributed by atoms with van der Waals surface area (Å²) in [4.78, 5) is 11.8. The van der Waals surface area contributed by atoms with E-state index in [4.69, 9.17) is 4.42 Å². The van der Waals surface area contributed by atoms with Gasteiger partial charge in [-0.1, -0.05) is 12.1 Å². The second-order valence-corrected chi connectivity index (χ2v) is 5.42. The lowest BCUT2D eigenvalue weighted by Crippen LogP contribution is -2.17. The van der Waals surface area contributed by atoms with Gasteiger partial charge in [0.15, 0.2) is 5.69 Å². The van der Waals surface area contributed by atoms with Crippen LogP contribution in [0.25, 0.3) is 11.3 Å². The van der Waals surface area contributed by atoms with Crippen molar-refractivity contribution < 1.29 is 22.4 Å². The van der Waals surface area contributed by atoms with Gasteiger partial charge in [0.1, 0.15) is 11.5 Å². The molecule has 6 nitrogen and oxygen atoms in total. The van der Waals surface area contributed by atoms with Gasteiger partial charge < -0.3 is 4.42 Å². The number of halogens is 3. The van der Waals surface area contributed by atoms with Crippen molar-refractivity contribution in [2.24, 2.45) is 5.10 Å². The number of aromatic nitrogens is 2. The molecule has 0 aliphatic heterocycles. The zero-order valence-electron chi connectivity index (χ0n) is 13.5. The third-order valence-corrected chi connectivity index (χ3v) is 3.40. The Kier molecular flexibility index (Phi) is 4.61. The van der Waals surface area contributed by atoms with E-state index in [0.29, 0.717) is 0 Å². The first kappa shape index (κ1) is 17.5. The Morgan fingerprint density at radius 3 is 2.77 bits per heavy atom. The zero-order chi connectivity index (χ0) is 18.7. The number of benzene rings is 1. The molecular weight excluding hydrogens is 349 g/mol. The molecule has 0 saturated carbocycles. The number of nitrogens with one attached hydrogen (secondary N) is 2. The van der Waals surface area contributed by atoms with Gasteiger partial charge in [0.05, 0.1) is 11.8 Å². The minimum Gasteiger partial charge on any atom is -0.455 e. The number of furan rings is 1. The summed E-state index contributed by atoms with van der Waals surface area (Å²) in [7, 11) is 0. The van der Waals surface area contributed by atoms with Crippen LogP contribution in [0.15, 0.2) is 52.0 Å². The second-order valence-electron chi connectivity index (χ2n) is 5.42. The van der Waals surface area contributed by atoms with E-state index < -0.39 is 17.6 Å². The molecule has 3 rings (SSSR count). The summed E-state index contributed by atoms with van der Waals surface area (Å²) in [5.41, 5.74) is 2.72. The van der Waals surface area contributed by atoms with E-state index in [1.54, 1.807) is 13.0 Å². The van der Waals surface area contributed by atoms with Crippen molar-refractivity contribution in [1.29, 1.82) is 0 Å². The van der Waals surface area contributed by atoms with E-state index in [9.17, 15) is 18.0 Å². The van der Waals surface area contributed by atoms with E-state index in [0.717, 1.165) is 17.8 Å². The van der Waals surface area contributed by atoms with Crippen LogP contribution in [0.1, 0.15) is 27.5 Å². The van der Waals surface area contributed by atoms with Crippen LogP contribution in [0.3, 0.4) is 0 Å². The molecule has 0 fully saturated rings. The molecule has 9 heteroatoms. The molecule has 0 aliphatic carbocycles. The predicted molar refractivity (Wildman–Crippen MR) is 87.5 cm³/mol.